The summed E-state index contributed by atoms with van der Waals surface area (Å²) in [6.45, 7) is 2.32. The smallest absolute Gasteiger partial charge is 0.318 e. The van der Waals surface area contributed by atoms with Crippen molar-refractivity contribution in [3.05, 3.63) is 35.6 Å². The minimum atomic E-state index is -0.233. The van der Waals surface area contributed by atoms with Gasteiger partial charge in [-0.1, -0.05) is 18.2 Å². The van der Waals surface area contributed by atoms with E-state index >= 15 is 0 Å². The summed E-state index contributed by atoms with van der Waals surface area (Å²) in [5.41, 5.74) is 0.611. The van der Waals surface area contributed by atoms with E-state index in [9.17, 15) is 9.18 Å². The van der Waals surface area contributed by atoms with Gasteiger partial charge in [0.15, 0.2) is 0 Å². The highest BCUT2D eigenvalue weighted by atomic mass is 19.1. The normalized spacial score (nSPS) is 24.6. The van der Waals surface area contributed by atoms with Gasteiger partial charge in [-0.3, -0.25) is 0 Å². The highest BCUT2D eigenvalue weighted by Gasteiger charge is 2.38. The van der Waals surface area contributed by atoms with Crippen molar-refractivity contribution in [1.82, 2.24) is 15.5 Å². The van der Waals surface area contributed by atoms with Gasteiger partial charge < -0.3 is 15.5 Å². The summed E-state index contributed by atoms with van der Waals surface area (Å²) in [5.74, 6) is -0.233. The molecule has 2 saturated heterocycles. The average Bonchev–Trinajstić information content (AvgIpc) is 2.82. The first-order valence-corrected chi connectivity index (χ1v) is 6.78. The lowest BCUT2D eigenvalue weighted by Crippen LogP contribution is -2.45. The monoisotopic (exact) mass is 263 g/mol. The molecule has 2 aliphatic rings. The van der Waals surface area contributed by atoms with Crippen molar-refractivity contribution in [1.29, 1.82) is 0 Å². The summed E-state index contributed by atoms with van der Waals surface area (Å²) in [6.07, 6.45) is 1.86. The fraction of sp³-hybridized carbons (Fsp3) is 0.500. The first-order valence-electron chi connectivity index (χ1n) is 6.78. The molecule has 0 spiro atoms. The fourth-order valence-electron chi connectivity index (χ4n) is 3.03. The molecule has 2 amide bonds. The summed E-state index contributed by atoms with van der Waals surface area (Å²) in [5, 5.41) is 6.13. The first-order chi connectivity index (χ1) is 9.27. The van der Waals surface area contributed by atoms with E-state index in [4.69, 9.17) is 0 Å². The summed E-state index contributed by atoms with van der Waals surface area (Å²) in [6, 6.07) is 6.68. The number of carbonyl (C=O) groups is 1. The SMILES string of the molecule is O=C1NCC(c2ccccc2F)N1C1CCNCC1. The number of rotatable bonds is 2. The van der Waals surface area contributed by atoms with Gasteiger partial charge in [0, 0.05) is 18.2 Å². The van der Waals surface area contributed by atoms with Gasteiger partial charge in [-0.05, 0) is 32.0 Å². The van der Waals surface area contributed by atoms with Gasteiger partial charge in [0.1, 0.15) is 5.82 Å². The Morgan fingerprint density at radius 2 is 1.95 bits per heavy atom. The molecule has 19 heavy (non-hydrogen) atoms. The van der Waals surface area contributed by atoms with Crippen LogP contribution in [0.1, 0.15) is 24.4 Å². The predicted octanol–water partition coefficient (Wildman–Crippen LogP) is 1.64. The molecule has 102 valence electrons. The lowest BCUT2D eigenvalue weighted by Gasteiger charge is -2.35. The third-order valence-electron chi connectivity index (χ3n) is 3.98. The zero-order valence-electron chi connectivity index (χ0n) is 10.7. The summed E-state index contributed by atoms with van der Waals surface area (Å²) >= 11 is 0. The standard InChI is InChI=1S/C14H18FN3O/c15-12-4-2-1-3-11(12)13-9-17-14(19)18(13)10-5-7-16-8-6-10/h1-4,10,13,16H,5-9H2,(H,17,19). The highest BCUT2D eigenvalue weighted by molar-refractivity contribution is 5.77. The largest absolute Gasteiger partial charge is 0.336 e. The average molecular weight is 263 g/mol. The molecule has 0 bridgehead atoms. The van der Waals surface area contributed by atoms with Crippen LogP contribution >= 0.6 is 0 Å². The van der Waals surface area contributed by atoms with Crippen molar-refractivity contribution < 1.29 is 9.18 Å². The lowest BCUT2D eigenvalue weighted by atomic mass is 10.00. The number of hydrogen-bond donors (Lipinski definition) is 2. The molecule has 1 unspecified atom stereocenters. The Morgan fingerprint density at radius 3 is 2.68 bits per heavy atom. The maximum Gasteiger partial charge on any atom is 0.318 e. The number of carbonyl (C=O) groups excluding carboxylic acids is 1. The van der Waals surface area contributed by atoms with Gasteiger partial charge in [-0.25, -0.2) is 9.18 Å². The van der Waals surface area contributed by atoms with Crippen LogP contribution in [0.5, 0.6) is 0 Å². The van der Waals surface area contributed by atoms with Gasteiger partial charge in [0.2, 0.25) is 0 Å². The van der Waals surface area contributed by atoms with Crippen LogP contribution in [0.2, 0.25) is 0 Å². The van der Waals surface area contributed by atoms with E-state index < -0.39 is 0 Å². The van der Waals surface area contributed by atoms with Crippen LogP contribution < -0.4 is 10.6 Å². The van der Waals surface area contributed by atoms with Gasteiger partial charge in [0.05, 0.1) is 6.04 Å². The quantitative estimate of drug-likeness (QED) is 0.852. The van der Waals surface area contributed by atoms with Crippen molar-refractivity contribution in [3.8, 4) is 0 Å². The van der Waals surface area contributed by atoms with Gasteiger partial charge in [-0.2, -0.15) is 0 Å². The van der Waals surface area contributed by atoms with E-state index in [-0.39, 0.29) is 23.9 Å². The molecule has 1 atom stereocenters. The lowest BCUT2D eigenvalue weighted by molar-refractivity contribution is 0.156. The fourth-order valence-corrected chi connectivity index (χ4v) is 3.03. The molecule has 2 N–H and O–H groups in total. The maximum atomic E-state index is 13.9. The Morgan fingerprint density at radius 1 is 1.21 bits per heavy atom. The van der Waals surface area contributed by atoms with E-state index in [0.29, 0.717) is 12.1 Å². The molecular weight excluding hydrogens is 245 g/mol. The molecule has 0 radical (unpaired) electrons. The number of piperidine rings is 1. The molecule has 3 rings (SSSR count). The molecule has 2 aliphatic heterocycles. The number of nitrogens with one attached hydrogen (secondary N) is 2. The minimum Gasteiger partial charge on any atom is -0.336 e. The third kappa shape index (κ3) is 2.30. The molecule has 2 heterocycles. The van der Waals surface area contributed by atoms with Crippen molar-refractivity contribution >= 4 is 6.03 Å². The maximum absolute atomic E-state index is 13.9. The molecule has 1 aromatic carbocycles. The molecule has 0 aromatic heterocycles. The number of urea groups is 1. The molecule has 0 aliphatic carbocycles. The Balaban J connectivity index is 1.87. The van der Waals surface area contributed by atoms with Crippen molar-refractivity contribution in [2.75, 3.05) is 19.6 Å². The van der Waals surface area contributed by atoms with Gasteiger partial charge in [0.25, 0.3) is 0 Å². The Labute approximate surface area is 112 Å². The van der Waals surface area contributed by atoms with Crippen LogP contribution in [0.15, 0.2) is 24.3 Å². The molecule has 5 heteroatoms. The summed E-state index contributed by atoms with van der Waals surface area (Å²) in [4.78, 5) is 13.9. The molecule has 2 fully saturated rings. The Bertz CT molecular complexity index is 474. The van der Waals surface area contributed by atoms with E-state index in [1.165, 1.54) is 6.07 Å². The predicted molar refractivity (Wildman–Crippen MR) is 70.3 cm³/mol. The minimum absolute atomic E-state index is 0.0693. The van der Waals surface area contributed by atoms with Crippen LogP contribution in [0.25, 0.3) is 0 Å². The second kappa shape index (κ2) is 5.17. The van der Waals surface area contributed by atoms with E-state index in [1.807, 2.05) is 11.0 Å². The zero-order chi connectivity index (χ0) is 13.2. The van der Waals surface area contributed by atoms with Crippen molar-refractivity contribution in [3.63, 3.8) is 0 Å². The molecular formula is C14H18FN3O. The van der Waals surface area contributed by atoms with Gasteiger partial charge >= 0.3 is 6.03 Å². The van der Waals surface area contributed by atoms with Crippen molar-refractivity contribution in [2.24, 2.45) is 0 Å². The van der Waals surface area contributed by atoms with E-state index in [0.717, 1.165) is 25.9 Å². The second-order valence-corrected chi connectivity index (χ2v) is 5.11. The highest BCUT2D eigenvalue weighted by Crippen LogP contribution is 2.30. The number of benzene rings is 1. The molecule has 4 nitrogen and oxygen atoms in total. The molecule has 0 saturated carbocycles. The Hall–Kier alpha value is -1.62. The first kappa shape index (κ1) is 12.4. The van der Waals surface area contributed by atoms with Crippen LogP contribution in [0, 0.1) is 5.82 Å². The third-order valence-corrected chi connectivity index (χ3v) is 3.98. The second-order valence-electron chi connectivity index (χ2n) is 5.11. The zero-order valence-corrected chi connectivity index (χ0v) is 10.7. The number of hydrogen-bond acceptors (Lipinski definition) is 2. The van der Waals surface area contributed by atoms with Crippen LogP contribution in [0.4, 0.5) is 9.18 Å². The summed E-state index contributed by atoms with van der Waals surface area (Å²) < 4.78 is 13.9. The molecule has 1 aromatic rings. The number of amides is 2. The van der Waals surface area contributed by atoms with Crippen LogP contribution in [-0.4, -0.2) is 36.6 Å². The number of halogens is 1. The van der Waals surface area contributed by atoms with E-state index in [1.54, 1.807) is 12.1 Å². The van der Waals surface area contributed by atoms with Crippen LogP contribution in [-0.2, 0) is 0 Å². The Kier molecular flexibility index (Phi) is 3.38. The number of nitrogens with zero attached hydrogens (tertiary/aromatic N) is 1. The summed E-state index contributed by atoms with van der Waals surface area (Å²) in [7, 11) is 0. The van der Waals surface area contributed by atoms with Gasteiger partial charge in [-0.15, -0.1) is 0 Å². The topological polar surface area (TPSA) is 44.4 Å². The van der Waals surface area contributed by atoms with E-state index in [2.05, 4.69) is 10.6 Å². The van der Waals surface area contributed by atoms with Crippen molar-refractivity contribution in [2.45, 2.75) is 24.9 Å². The van der Waals surface area contributed by atoms with Crippen LogP contribution in [0.3, 0.4) is 0 Å².